The maximum atomic E-state index is 5.12. The molecule has 8 rings (SSSR count). The van der Waals surface area contributed by atoms with Crippen LogP contribution in [0.25, 0.3) is 73.1 Å². The van der Waals surface area contributed by atoms with Crippen molar-refractivity contribution < 1.29 is 0 Å². The van der Waals surface area contributed by atoms with Crippen LogP contribution in [0, 0.1) is 0 Å². The Labute approximate surface area is 261 Å². The molecule has 0 bridgehead atoms. The van der Waals surface area contributed by atoms with Crippen LogP contribution in [0.1, 0.15) is 0 Å². The Hall–Kier alpha value is -6.20. The summed E-state index contributed by atoms with van der Waals surface area (Å²) < 4.78 is 2.02. The first-order valence-electron chi connectivity index (χ1n) is 14.9. The molecule has 212 valence electrons. The molecule has 0 atom stereocenters. The van der Waals surface area contributed by atoms with Crippen molar-refractivity contribution in [3.05, 3.63) is 164 Å². The second-order valence-electron chi connectivity index (χ2n) is 10.8. The highest BCUT2D eigenvalue weighted by molar-refractivity contribution is 6.05. The molecule has 0 saturated heterocycles. The summed E-state index contributed by atoms with van der Waals surface area (Å²) >= 11 is 0. The minimum Gasteiger partial charge on any atom is -0.284 e. The summed E-state index contributed by atoms with van der Waals surface area (Å²) in [5.41, 5.74) is 9.24. The zero-order chi connectivity index (χ0) is 30.0. The van der Waals surface area contributed by atoms with Gasteiger partial charge in [0.25, 0.3) is 0 Å². The molecule has 3 aromatic heterocycles. The lowest BCUT2D eigenvalue weighted by molar-refractivity contribution is 0.932. The quantitative estimate of drug-likeness (QED) is 0.197. The first-order chi connectivity index (χ1) is 22.3. The van der Waals surface area contributed by atoms with Gasteiger partial charge in [0, 0.05) is 33.8 Å². The molecule has 0 spiro atoms. The lowest BCUT2D eigenvalue weighted by Crippen LogP contribution is -2.06. The third-order valence-electron chi connectivity index (χ3n) is 7.98. The molecule has 5 aromatic carbocycles. The Bertz CT molecular complexity index is 2190. The molecule has 0 aliphatic rings. The second-order valence-corrected chi connectivity index (χ2v) is 10.8. The molecule has 5 nitrogen and oxygen atoms in total. The van der Waals surface area contributed by atoms with Gasteiger partial charge in [-0.1, -0.05) is 146 Å². The van der Waals surface area contributed by atoms with Crippen molar-refractivity contribution in [1.29, 1.82) is 0 Å². The topological polar surface area (TPSA) is 56.5 Å². The fourth-order valence-corrected chi connectivity index (χ4v) is 5.84. The van der Waals surface area contributed by atoms with Crippen molar-refractivity contribution in [2.45, 2.75) is 0 Å². The number of hydrogen-bond donors (Lipinski definition) is 0. The van der Waals surface area contributed by atoms with Gasteiger partial charge >= 0.3 is 0 Å². The summed E-state index contributed by atoms with van der Waals surface area (Å²) in [4.78, 5) is 20.0. The van der Waals surface area contributed by atoms with E-state index in [1.807, 2.05) is 89.8 Å². The molecule has 0 N–H and O–H groups in total. The third kappa shape index (κ3) is 4.96. The van der Waals surface area contributed by atoms with Crippen LogP contribution in [-0.2, 0) is 0 Å². The number of rotatable bonds is 6. The highest BCUT2D eigenvalue weighted by Gasteiger charge is 2.20. The molecule has 45 heavy (non-hydrogen) atoms. The van der Waals surface area contributed by atoms with Gasteiger partial charge in [-0.25, -0.2) is 4.98 Å². The summed E-state index contributed by atoms with van der Waals surface area (Å²) in [7, 11) is 0. The molecular weight excluding hydrogens is 550 g/mol. The summed E-state index contributed by atoms with van der Waals surface area (Å²) in [5.74, 6) is 1.77. The van der Waals surface area contributed by atoms with Crippen LogP contribution in [0.15, 0.2) is 164 Å². The second kappa shape index (κ2) is 11.5. The highest BCUT2D eigenvalue weighted by Crippen LogP contribution is 2.42. The summed E-state index contributed by atoms with van der Waals surface area (Å²) in [6.45, 7) is 0. The zero-order valence-corrected chi connectivity index (χ0v) is 24.3. The van der Waals surface area contributed by atoms with Gasteiger partial charge in [-0.3, -0.25) is 9.55 Å². The van der Waals surface area contributed by atoms with Gasteiger partial charge in [0.1, 0.15) is 0 Å². The predicted octanol–water partition coefficient (Wildman–Crippen LogP) is 9.55. The summed E-state index contributed by atoms with van der Waals surface area (Å²) in [5, 5.41) is 1.06. The normalized spacial score (nSPS) is 11.1. The average molecular weight is 578 g/mol. The van der Waals surface area contributed by atoms with E-state index in [4.69, 9.17) is 19.9 Å². The monoisotopic (exact) mass is 577 g/mol. The molecule has 5 heteroatoms. The van der Waals surface area contributed by atoms with E-state index in [0.717, 1.165) is 55.5 Å². The summed E-state index contributed by atoms with van der Waals surface area (Å²) in [6.07, 6.45) is 3.97. The van der Waals surface area contributed by atoms with Crippen LogP contribution in [0.5, 0.6) is 0 Å². The number of aromatic nitrogens is 5. The minimum atomic E-state index is 0.536. The van der Waals surface area contributed by atoms with Gasteiger partial charge < -0.3 is 0 Å². The smallest absolute Gasteiger partial charge is 0.238 e. The van der Waals surface area contributed by atoms with Gasteiger partial charge in [-0.2, -0.15) is 9.97 Å². The Kier molecular flexibility index (Phi) is 6.74. The first kappa shape index (κ1) is 26.4. The highest BCUT2D eigenvalue weighted by atomic mass is 15.2. The van der Waals surface area contributed by atoms with Crippen LogP contribution < -0.4 is 0 Å². The van der Waals surface area contributed by atoms with E-state index in [9.17, 15) is 0 Å². The van der Waals surface area contributed by atoms with E-state index in [0.29, 0.717) is 17.6 Å². The van der Waals surface area contributed by atoms with Crippen LogP contribution in [0.3, 0.4) is 0 Å². The van der Waals surface area contributed by atoms with Crippen molar-refractivity contribution in [3.63, 3.8) is 0 Å². The Morgan fingerprint density at radius 1 is 0.422 bits per heavy atom. The largest absolute Gasteiger partial charge is 0.284 e. The maximum absolute atomic E-state index is 5.12. The van der Waals surface area contributed by atoms with E-state index in [2.05, 4.69) is 78.9 Å². The van der Waals surface area contributed by atoms with Crippen LogP contribution in [0.4, 0.5) is 0 Å². The van der Waals surface area contributed by atoms with Crippen molar-refractivity contribution in [2.24, 2.45) is 0 Å². The van der Waals surface area contributed by atoms with Gasteiger partial charge in [0.2, 0.25) is 5.95 Å². The molecule has 0 aliphatic heterocycles. The number of hydrogen-bond acceptors (Lipinski definition) is 4. The number of nitrogens with zero attached hydrogens (tertiary/aromatic N) is 5. The van der Waals surface area contributed by atoms with Crippen LogP contribution >= 0.6 is 0 Å². The SMILES string of the molecule is c1ccc(-c2nc(-c3ccccc3)nc(-n3ccc4c(-c5ccccc5-c5ccccc5)c(-c5ccccc5)ncc43)n2)cc1. The average Bonchev–Trinajstić information content (AvgIpc) is 3.57. The molecule has 0 aliphatic carbocycles. The molecule has 0 unspecified atom stereocenters. The van der Waals surface area contributed by atoms with Gasteiger partial charge in [0.05, 0.1) is 17.4 Å². The molecule has 0 amide bonds. The van der Waals surface area contributed by atoms with E-state index >= 15 is 0 Å². The molecule has 0 saturated carbocycles. The number of fused-ring (bicyclic) bond motifs is 1. The lowest BCUT2D eigenvalue weighted by Gasteiger charge is -2.16. The molecular formula is C40H27N5. The minimum absolute atomic E-state index is 0.536. The Morgan fingerprint density at radius 3 is 1.49 bits per heavy atom. The Balaban J connectivity index is 1.39. The predicted molar refractivity (Wildman–Crippen MR) is 182 cm³/mol. The summed E-state index contributed by atoms with van der Waals surface area (Å²) in [6, 6.07) is 51.7. The first-order valence-corrected chi connectivity index (χ1v) is 14.9. The van der Waals surface area contributed by atoms with Crippen molar-refractivity contribution >= 4 is 10.9 Å². The molecule has 8 aromatic rings. The molecule has 0 radical (unpaired) electrons. The van der Waals surface area contributed by atoms with E-state index in [1.165, 1.54) is 0 Å². The maximum Gasteiger partial charge on any atom is 0.238 e. The molecule has 3 heterocycles. The lowest BCUT2D eigenvalue weighted by atomic mass is 9.90. The van der Waals surface area contributed by atoms with Crippen LogP contribution in [0.2, 0.25) is 0 Å². The van der Waals surface area contributed by atoms with E-state index in [-0.39, 0.29) is 0 Å². The van der Waals surface area contributed by atoms with E-state index < -0.39 is 0 Å². The van der Waals surface area contributed by atoms with Gasteiger partial charge in [-0.15, -0.1) is 0 Å². The van der Waals surface area contributed by atoms with Crippen LogP contribution in [-0.4, -0.2) is 24.5 Å². The van der Waals surface area contributed by atoms with Crippen molar-refractivity contribution in [1.82, 2.24) is 24.5 Å². The van der Waals surface area contributed by atoms with E-state index in [1.54, 1.807) is 0 Å². The zero-order valence-electron chi connectivity index (χ0n) is 24.3. The number of benzene rings is 5. The van der Waals surface area contributed by atoms with Crippen molar-refractivity contribution in [2.75, 3.05) is 0 Å². The fourth-order valence-electron chi connectivity index (χ4n) is 5.84. The van der Waals surface area contributed by atoms with Crippen molar-refractivity contribution in [3.8, 4) is 62.2 Å². The van der Waals surface area contributed by atoms with Gasteiger partial charge in [0.15, 0.2) is 11.6 Å². The fraction of sp³-hybridized carbons (Fsp3) is 0. The third-order valence-corrected chi connectivity index (χ3v) is 7.98. The standard InChI is InChI=1S/C40H27N5/c1-5-15-28(16-6-1)32-23-13-14-24-33(32)36-34-25-26-45(35(34)27-41-37(36)29-17-7-2-8-18-29)40-43-38(30-19-9-3-10-20-30)42-39(44-40)31-21-11-4-12-22-31/h1-27H. The molecule has 0 fully saturated rings. The van der Waals surface area contributed by atoms with Gasteiger partial charge in [-0.05, 0) is 22.8 Å². The Morgan fingerprint density at radius 2 is 0.911 bits per heavy atom. The number of pyridine rings is 1.